The van der Waals surface area contributed by atoms with Crippen molar-refractivity contribution in [3.63, 3.8) is 0 Å². The minimum atomic E-state index is -0.234. The molecular formula is C14H25N3OS. The Hall–Kier alpha value is -0.730. The number of carbonyl (C=O) groups excluding carboxylic acids is 1. The summed E-state index contributed by atoms with van der Waals surface area (Å²) in [6.45, 7) is 6.31. The summed E-state index contributed by atoms with van der Waals surface area (Å²) in [6.07, 6.45) is 5.81. The third-order valence-electron chi connectivity index (χ3n) is 3.75. The van der Waals surface area contributed by atoms with Gasteiger partial charge in [0.25, 0.3) is 0 Å². The van der Waals surface area contributed by atoms with Gasteiger partial charge in [0.05, 0.1) is 12.6 Å². The summed E-state index contributed by atoms with van der Waals surface area (Å²) in [4.78, 5) is 14.0. The van der Waals surface area contributed by atoms with Crippen molar-refractivity contribution in [1.82, 2.24) is 10.2 Å². The number of hydrogen-bond acceptors (Lipinski definition) is 4. The van der Waals surface area contributed by atoms with Gasteiger partial charge in [0.15, 0.2) is 0 Å². The zero-order valence-corrected chi connectivity index (χ0v) is 13.1. The first kappa shape index (κ1) is 16.3. The average molecular weight is 283 g/mol. The average Bonchev–Trinajstić information content (AvgIpc) is 2.40. The monoisotopic (exact) mass is 283 g/mol. The molecule has 5 heteroatoms. The molecule has 1 aliphatic heterocycles. The molecule has 1 atom stereocenters. The summed E-state index contributed by atoms with van der Waals surface area (Å²) in [6, 6.07) is 2.68. The Bertz CT molecular complexity index is 332. The normalized spacial score (nSPS) is 20.5. The van der Waals surface area contributed by atoms with Gasteiger partial charge in [0.2, 0.25) is 5.91 Å². The molecule has 0 aromatic rings. The molecule has 4 nitrogen and oxygen atoms in total. The lowest BCUT2D eigenvalue weighted by molar-refractivity contribution is -0.123. The Morgan fingerprint density at radius 1 is 1.53 bits per heavy atom. The number of nitriles is 1. The Balaban J connectivity index is 2.33. The quantitative estimate of drug-likeness (QED) is 0.810. The Morgan fingerprint density at radius 3 is 2.63 bits per heavy atom. The Labute approximate surface area is 120 Å². The van der Waals surface area contributed by atoms with E-state index in [2.05, 4.69) is 23.2 Å². The van der Waals surface area contributed by atoms with Crippen molar-refractivity contribution in [1.29, 1.82) is 5.26 Å². The number of rotatable bonds is 6. The van der Waals surface area contributed by atoms with E-state index in [9.17, 15) is 10.1 Å². The highest BCUT2D eigenvalue weighted by atomic mass is 32.2. The van der Waals surface area contributed by atoms with Crippen LogP contribution in [0.25, 0.3) is 0 Å². The zero-order chi connectivity index (χ0) is 14.3. The van der Waals surface area contributed by atoms with Crippen LogP contribution in [0.1, 0.15) is 39.5 Å². The Kier molecular flexibility index (Phi) is 6.67. The molecule has 1 amide bonds. The molecule has 0 aromatic heterocycles. The highest BCUT2D eigenvalue weighted by Gasteiger charge is 2.34. The number of likely N-dealkylation sites (tertiary alicyclic amines) is 1. The first-order chi connectivity index (χ1) is 9.05. The van der Waals surface area contributed by atoms with E-state index < -0.39 is 0 Å². The fourth-order valence-corrected chi connectivity index (χ4v) is 3.14. The maximum Gasteiger partial charge on any atom is 0.234 e. The summed E-state index contributed by atoms with van der Waals surface area (Å²) in [7, 11) is 0. The first-order valence-electron chi connectivity index (χ1n) is 7.03. The molecule has 1 heterocycles. The third kappa shape index (κ3) is 5.04. The van der Waals surface area contributed by atoms with Crippen molar-refractivity contribution in [2.24, 2.45) is 0 Å². The van der Waals surface area contributed by atoms with Crippen molar-refractivity contribution in [3.05, 3.63) is 0 Å². The molecule has 1 rings (SSSR count). The second-order valence-corrected chi connectivity index (χ2v) is 6.53. The smallest absolute Gasteiger partial charge is 0.234 e. The van der Waals surface area contributed by atoms with Gasteiger partial charge < -0.3 is 5.32 Å². The second-order valence-electron chi connectivity index (χ2n) is 5.34. The van der Waals surface area contributed by atoms with Gasteiger partial charge in [0, 0.05) is 19.1 Å². The van der Waals surface area contributed by atoms with Crippen molar-refractivity contribution in [2.75, 3.05) is 25.9 Å². The lowest BCUT2D eigenvalue weighted by Crippen LogP contribution is -2.47. The second kappa shape index (κ2) is 7.76. The van der Waals surface area contributed by atoms with Crippen LogP contribution in [0.2, 0.25) is 0 Å². The van der Waals surface area contributed by atoms with Crippen LogP contribution in [0.15, 0.2) is 0 Å². The maximum atomic E-state index is 11.9. The van der Waals surface area contributed by atoms with E-state index in [0.717, 1.165) is 38.8 Å². The molecule has 1 saturated heterocycles. The molecule has 0 bridgehead atoms. The number of carbonyl (C=O) groups is 1. The molecule has 19 heavy (non-hydrogen) atoms. The van der Waals surface area contributed by atoms with Crippen molar-refractivity contribution < 1.29 is 4.79 Å². The van der Waals surface area contributed by atoms with Gasteiger partial charge in [-0.25, -0.2) is 0 Å². The first-order valence-corrected chi connectivity index (χ1v) is 8.26. The van der Waals surface area contributed by atoms with Crippen LogP contribution >= 0.6 is 11.8 Å². The van der Waals surface area contributed by atoms with Crippen molar-refractivity contribution in [2.45, 2.75) is 50.3 Å². The predicted octanol–water partition coefficient (Wildman–Crippen LogP) is 2.01. The molecule has 108 valence electrons. The Morgan fingerprint density at radius 2 is 2.16 bits per heavy atom. The van der Waals surface area contributed by atoms with E-state index >= 15 is 0 Å². The number of amides is 1. The van der Waals surface area contributed by atoms with E-state index in [4.69, 9.17) is 0 Å². The van der Waals surface area contributed by atoms with E-state index in [1.165, 1.54) is 0 Å². The molecule has 0 spiro atoms. The molecule has 1 N–H and O–H groups in total. The number of hydrogen-bond donors (Lipinski definition) is 1. The van der Waals surface area contributed by atoms with Gasteiger partial charge in [-0.3, -0.25) is 9.69 Å². The topological polar surface area (TPSA) is 56.1 Å². The SMILES string of the molecule is CCCC(C)NC(=O)CN1CCC(C#N)(SC)CC1. The lowest BCUT2D eigenvalue weighted by Gasteiger charge is -2.35. The molecule has 1 fully saturated rings. The maximum absolute atomic E-state index is 11.9. The summed E-state index contributed by atoms with van der Waals surface area (Å²) in [5, 5.41) is 12.2. The van der Waals surface area contributed by atoms with Crippen LogP contribution < -0.4 is 5.32 Å². The van der Waals surface area contributed by atoms with Gasteiger partial charge in [-0.2, -0.15) is 5.26 Å². The van der Waals surface area contributed by atoms with Crippen LogP contribution in [0, 0.1) is 11.3 Å². The molecule has 0 radical (unpaired) electrons. The molecule has 0 saturated carbocycles. The van der Waals surface area contributed by atoms with Crippen LogP contribution in [0.4, 0.5) is 0 Å². The highest BCUT2D eigenvalue weighted by molar-refractivity contribution is 8.00. The standard InChI is InChI=1S/C14H25N3OS/c1-4-5-12(2)16-13(18)10-17-8-6-14(11-15,19-3)7-9-17/h12H,4-10H2,1-3H3,(H,16,18). The van der Waals surface area contributed by atoms with Gasteiger partial charge in [0.1, 0.15) is 4.75 Å². The highest BCUT2D eigenvalue weighted by Crippen LogP contribution is 2.33. The number of piperidine rings is 1. The lowest BCUT2D eigenvalue weighted by atomic mass is 9.97. The van der Waals surface area contributed by atoms with Crippen LogP contribution in [0.5, 0.6) is 0 Å². The van der Waals surface area contributed by atoms with Crippen LogP contribution in [-0.4, -0.2) is 47.5 Å². The largest absolute Gasteiger partial charge is 0.353 e. The minimum absolute atomic E-state index is 0.106. The number of nitrogens with zero attached hydrogens (tertiary/aromatic N) is 2. The van der Waals surface area contributed by atoms with E-state index in [1.807, 2.05) is 13.2 Å². The van der Waals surface area contributed by atoms with Crippen LogP contribution in [0.3, 0.4) is 0 Å². The van der Waals surface area contributed by atoms with E-state index in [0.29, 0.717) is 6.54 Å². The van der Waals surface area contributed by atoms with Crippen LogP contribution in [-0.2, 0) is 4.79 Å². The van der Waals surface area contributed by atoms with Crippen molar-refractivity contribution in [3.8, 4) is 6.07 Å². The third-order valence-corrected chi connectivity index (χ3v) is 5.04. The van der Waals surface area contributed by atoms with Gasteiger partial charge in [-0.15, -0.1) is 11.8 Å². The predicted molar refractivity (Wildman–Crippen MR) is 80.0 cm³/mol. The van der Waals surface area contributed by atoms with Crippen molar-refractivity contribution >= 4 is 17.7 Å². The molecular weight excluding hydrogens is 258 g/mol. The summed E-state index contributed by atoms with van der Waals surface area (Å²) in [5.74, 6) is 0.106. The fraction of sp³-hybridized carbons (Fsp3) is 0.857. The summed E-state index contributed by atoms with van der Waals surface area (Å²) in [5.41, 5.74) is 0. The summed E-state index contributed by atoms with van der Waals surface area (Å²) >= 11 is 1.64. The number of nitrogens with one attached hydrogen (secondary N) is 1. The summed E-state index contributed by atoms with van der Waals surface area (Å²) < 4.78 is -0.234. The van der Waals surface area contributed by atoms with Gasteiger partial charge in [-0.1, -0.05) is 13.3 Å². The van der Waals surface area contributed by atoms with E-state index in [1.54, 1.807) is 11.8 Å². The van der Waals surface area contributed by atoms with E-state index in [-0.39, 0.29) is 16.7 Å². The zero-order valence-electron chi connectivity index (χ0n) is 12.2. The van der Waals surface area contributed by atoms with Gasteiger partial charge in [-0.05, 0) is 32.4 Å². The van der Waals surface area contributed by atoms with Gasteiger partial charge >= 0.3 is 0 Å². The molecule has 0 aliphatic carbocycles. The molecule has 0 aromatic carbocycles. The molecule has 1 aliphatic rings. The number of thioether (sulfide) groups is 1. The molecule has 1 unspecified atom stereocenters. The fourth-order valence-electron chi connectivity index (χ4n) is 2.46. The minimum Gasteiger partial charge on any atom is -0.353 e.